The van der Waals surface area contributed by atoms with Crippen LogP contribution in [0.3, 0.4) is 0 Å². The van der Waals surface area contributed by atoms with Crippen molar-refractivity contribution in [1.29, 1.82) is 0 Å². The average Bonchev–Trinajstić information content (AvgIpc) is 2.78. The van der Waals surface area contributed by atoms with Crippen molar-refractivity contribution in [1.82, 2.24) is 4.90 Å². The number of benzene rings is 3. The number of fused-ring (bicyclic) bond motifs is 1. The normalized spacial score (nSPS) is 15.3. The SMILES string of the molecule is COc1cc2c(cc1OC)[C@@H](c1ccc(F)cc1)N(C(=O)Nc1ccccc1)CC2. The lowest BCUT2D eigenvalue weighted by molar-refractivity contribution is 0.193. The van der Waals surface area contributed by atoms with Crippen LogP contribution in [-0.2, 0) is 6.42 Å². The Morgan fingerprint density at radius 1 is 1.00 bits per heavy atom. The Morgan fingerprint density at radius 2 is 1.67 bits per heavy atom. The molecule has 2 amide bonds. The Balaban J connectivity index is 1.77. The molecular formula is C24H23FN2O3. The maximum Gasteiger partial charge on any atom is 0.322 e. The molecule has 30 heavy (non-hydrogen) atoms. The molecule has 3 aromatic carbocycles. The summed E-state index contributed by atoms with van der Waals surface area (Å²) < 4.78 is 24.5. The molecule has 0 bridgehead atoms. The molecule has 1 heterocycles. The van der Waals surface area contributed by atoms with Gasteiger partial charge in [0.25, 0.3) is 0 Å². The smallest absolute Gasteiger partial charge is 0.322 e. The zero-order valence-corrected chi connectivity index (χ0v) is 16.9. The summed E-state index contributed by atoms with van der Waals surface area (Å²) in [5.74, 6) is 0.923. The van der Waals surface area contributed by atoms with E-state index in [0.717, 1.165) is 22.4 Å². The number of halogens is 1. The second-order valence-corrected chi connectivity index (χ2v) is 7.10. The highest BCUT2D eigenvalue weighted by molar-refractivity contribution is 5.90. The molecule has 6 heteroatoms. The number of rotatable bonds is 4. The van der Waals surface area contributed by atoms with Crippen molar-refractivity contribution >= 4 is 11.7 Å². The van der Waals surface area contributed by atoms with Crippen molar-refractivity contribution < 1.29 is 18.7 Å². The minimum Gasteiger partial charge on any atom is -0.493 e. The van der Waals surface area contributed by atoms with E-state index in [0.29, 0.717) is 24.5 Å². The molecule has 1 N–H and O–H groups in total. The Bertz CT molecular complexity index is 1040. The van der Waals surface area contributed by atoms with Gasteiger partial charge in [0, 0.05) is 12.2 Å². The minimum atomic E-state index is -0.377. The fourth-order valence-electron chi connectivity index (χ4n) is 3.89. The highest BCUT2D eigenvalue weighted by Gasteiger charge is 2.33. The third-order valence-electron chi connectivity index (χ3n) is 5.35. The van der Waals surface area contributed by atoms with Crippen LogP contribution in [0.4, 0.5) is 14.9 Å². The quantitative estimate of drug-likeness (QED) is 0.662. The number of nitrogens with zero attached hydrogens (tertiary/aromatic N) is 1. The van der Waals surface area contributed by atoms with Crippen molar-refractivity contribution in [2.75, 3.05) is 26.1 Å². The van der Waals surface area contributed by atoms with Crippen LogP contribution in [0.5, 0.6) is 11.5 Å². The van der Waals surface area contributed by atoms with Gasteiger partial charge in [-0.05, 0) is 59.5 Å². The Hall–Kier alpha value is -3.54. The van der Waals surface area contributed by atoms with Crippen molar-refractivity contribution in [3.63, 3.8) is 0 Å². The summed E-state index contributed by atoms with van der Waals surface area (Å²) in [7, 11) is 3.18. The van der Waals surface area contributed by atoms with Crippen LogP contribution < -0.4 is 14.8 Å². The Labute approximate surface area is 175 Å². The number of hydrogen-bond acceptors (Lipinski definition) is 3. The third kappa shape index (κ3) is 3.81. The third-order valence-corrected chi connectivity index (χ3v) is 5.35. The Kier molecular flexibility index (Phi) is 5.57. The monoisotopic (exact) mass is 406 g/mol. The predicted octanol–water partition coefficient (Wildman–Crippen LogP) is 5.02. The van der Waals surface area contributed by atoms with Crippen molar-refractivity contribution in [2.24, 2.45) is 0 Å². The molecule has 0 radical (unpaired) electrons. The van der Waals surface area contributed by atoms with Gasteiger partial charge < -0.3 is 19.7 Å². The lowest BCUT2D eigenvalue weighted by atomic mass is 9.88. The first kappa shape index (κ1) is 19.8. The van der Waals surface area contributed by atoms with E-state index >= 15 is 0 Å². The lowest BCUT2D eigenvalue weighted by Gasteiger charge is -2.38. The lowest BCUT2D eigenvalue weighted by Crippen LogP contribution is -2.43. The molecule has 0 aromatic heterocycles. The second kappa shape index (κ2) is 8.45. The van der Waals surface area contributed by atoms with E-state index in [1.807, 2.05) is 42.5 Å². The molecule has 0 saturated heterocycles. The van der Waals surface area contributed by atoms with Crippen LogP contribution >= 0.6 is 0 Å². The number of carbonyl (C=O) groups excluding carboxylic acids is 1. The van der Waals surface area contributed by atoms with Crippen molar-refractivity contribution in [3.8, 4) is 11.5 Å². The van der Waals surface area contributed by atoms with Gasteiger partial charge in [-0.15, -0.1) is 0 Å². The largest absolute Gasteiger partial charge is 0.493 e. The minimum absolute atomic E-state index is 0.212. The summed E-state index contributed by atoms with van der Waals surface area (Å²) in [5, 5.41) is 2.96. The average molecular weight is 406 g/mol. The Morgan fingerprint density at radius 3 is 2.33 bits per heavy atom. The van der Waals surface area contributed by atoms with E-state index < -0.39 is 0 Å². The summed E-state index contributed by atoms with van der Waals surface area (Å²) in [6.45, 7) is 0.517. The van der Waals surface area contributed by atoms with Crippen LogP contribution in [0.2, 0.25) is 0 Å². The van der Waals surface area contributed by atoms with Crippen LogP contribution in [0.25, 0.3) is 0 Å². The van der Waals surface area contributed by atoms with E-state index in [4.69, 9.17) is 9.47 Å². The first-order valence-corrected chi connectivity index (χ1v) is 9.73. The molecule has 0 saturated carbocycles. The number of urea groups is 1. The highest BCUT2D eigenvalue weighted by atomic mass is 19.1. The summed E-state index contributed by atoms with van der Waals surface area (Å²) in [5.41, 5.74) is 3.56. The number of amides is 2. The molecule has 0 fully saturated rings. The van der Waals surface area contributed by atoms with E-state index in [-0.39, 0.29) is 17.9 Å². The molecule has 1 aliphatic rings. The molecule has 3 aromatic rings. The molecule has 1 aliphatic heterocycles. The topological polar surface area (TPSA) is 50.8 Å². The molecule has 5 nitrogen and oxygen atoms in total. The molecular weight excluding hydrogens is 383 g/mol. The number of para-hydroxylation sites is 1. The zero-order chi connectivity index (χ0) is 21.1. The van der Waals surface area contributed by atoms with Gasteiger partial charge in [0.2, 0.25) is 0 Å². The summed E-state index contributed by atoms with van der Waals surface area (Å²) >= 11 is 0. The summed E-state index contributed by atoms with van der Waals surface area (Å²) in [6.07, 6.45) is 0.676. The van der Waals surface area contributed by atoms with Crippen molar-refractivity contribution in [2.45, 2.75) is 12.5 Å². The van der Waals surface area contributed by atoms with E-state index in [1.54, 1.807) is 31.3 Å². The van der Waals surface area contributed by atoms with Gasteiger partial charge in [-0.2, -0.15) is 0 Å². The fraction of sp³-hybridized carbons (Fsp3) is 0.208. The van der Waals surface area contributed by atoms with Gasteiger partial charge in [0.15, 0.2) is 11.5 Å². The number of anilines is 1. The van der Waals surface area contributed by atoms with Crippen LogP contribution in [0, 0.1) is 5.82 Å². The van der Waals surface area contributed by atoms with E-state index in [1.165, 1.54) is 12.1 Å². The molecule has 0 unspecified atom stereocenters. The summed E-state index contributed by atoms with van der Waals surface area (Å²) in [4.78, 5) is 15.0. The standard InChI is InChI=1S/C24H23FN2O3/c1-29-21-14-17-12-13-27(24(28)26-19-6-4-3-5-7-19)23(20(17)15-22(21)30-2)16-8-10-18(25)11-9-16/h3-11,14-15,23H,12-13H2,1-2H3,(H,26,28)/t23-/m1/s1. The van der Waals surface area contributed by atoms with Crippen LogP contribution in [-0.4, -0.2) is 31.7 Å². The molecule has 1 atom stereocenters. The summed E-state index contributed by atoms with van der Waals surface area (Å²) in [6, 6.07) is 18.9. The van der Waals surface area contributed by atoms with Gasteiger partial charge in [-0.25, -0.2) is 9.18 Å². The maximum atomic E-state index is 13.6. The van der Waals surface area contributed by atoms with E-state index in [9.17, 15) is 9.18 Å². The predicted molar refractivity (Wildman–Crippen MR) is 114 cm³/mol. The van der Waals surface area contributed by atoms with Gasteiger partial charge >= 0.3 is 6.03 Å². The van der Waals surface area contributed by atoms with Crippen molar-refractivity contribution in [3.05, 3.63) is 89.2 Å². The second-order valence-electron chi connectivity index (χ2n) is 7.10. The zero-order valence-electron chi connectivity index (χ0n) is 16.9. The number of hydrogen-bond donors (Lipinski definition) is 1. The fourth-order valence-corrected chi connectivity index (χ4v) is 3.89. The molecule has 0 spiro atoms. The number of nitrogens with one attached hydrogen (secondary N) is 1. The first-order valence-electron chi connectivity index (χ1n) is 9.73. The van der Waals surface area contributed by atoms with Gasteiger partial charge in [-0.1, -0.05) is 30.3 Å². The molecule has 4 rings (SSSR count). The van der Waals surface area contributed by atoms with Crippen LogP contribution in [0.1, 0.15) is 22.7 Å². The van der Waals surface area contributed by atoms with Gasteiger partial charge in [0.05, 0.1) is 20.3 Å². The first-order chi connectivity index (χ1) is 14.6. The van der Waals surface area contributed by atoms with E-state index in [2.05, 4.69) is 5.32 Å². The number of ether oxygens (including phenoxy) is 2. The van der Waals surface area contributed by atoms with Crippen LogP contribution in [0.15, 0.2) is 66.7 Å². The number of methoxy groups -OCH3 is 2. The van der Waals surface area contributed by atoms with Gasteiger partial charge in [0.1, 0.15) is 5.82 Å². The highest BCUT2D eigenvalue weighted by Crippen LogP contribution is 2.41. The maximum absolute atomic E-state index is 13.6. The molecule has 154 valence electrons. The molecule has 0 aliphatic carbocycles. The van der Waals surface area contributed by atoms with Gasteiger partial charge in [-0.3, -0.25) is 0 Å². The number of carbonyl (C=O) groups is 1.